The van der Waals surface area contributed by atoms with Crippen molar-refractivity contribution in [2.75, 3.05) is 40.0 Å². The van der Waals surface area contributed by atoms with E-state index < -0.39 is 0 Å². The van der Waals surface area contributed by atoms with Crippen LogP contribution in [-0.2, 0) is 9.53 Å². The molecule has 1 aromatic carbocycles. The zero-order valence-electron chi connectivity index (χ0n) is 16.1. The van der Waals surface area contributed by atoms with Crippen LogP contribution in [0.5, 0.6) is 11.5 Å². The minimum atomic E-state index is -0.209. The van der Waals surface area contributed by atoms with E-state index in [1.807, 2.05) is 12.2 Å². The molecular formula is C22H21NO6. The van der Waals surface area contributed by atoms with Gasteiger partial charge >= 0.3 is 0 Å². The zero-order chi connectivity index (χ0) is 20.1. The van der Waals surface area contributed by atoms with Crippen LogP contribution in [0.25, 0.3) is 0 Å². The van der Waals surface area contributed by atoms with Crippen LogP contribution < -0.4 is 9.47 Å². The molecule has 2 unspecified atom stereocenters. The average molecular weight is 395 g/mol. The van der Waals surface area contributed by atoms with E-state index in [0.29, 0.717) is 48.8 Å². The molecule has 1 aromatic rings. The smallest absolute Gasteiger partial charge is 0.260 e. The van der Waals surface area contributed by atoms with Crippen LogP contribution in [0.15, 0.2) is 35.4 Å². The second-order valence-electron chi connectivity index (χ2n) is 7.65. The van der Waals surface area contributed by atoms with Gasteiger partial charge in [0.2, 0.25) is 0 Å². The molecule has 1 saturated heterocycles. The maximum Gasteiger partial charge on any atom is 0.260 e. The van der Waals surface area contributed by atoms with Gasteiger partial charge < -0.3 is 19.1 Å². The summed E-state index contributed by atoms with van der Waals surface area (Å²) in [5.41, 5.74) is 1.73. The number of nitrogens with zero attached hydrogens (tertiary/aromatic N) is 1. The lowest BCUT2D eigenvalue weighted by Crippen LogP contribution is -2.43. The molecule has 3 aliphatic carbocycles. The number of fused-ring (bicyclic) bond motifs is 5. The first kappa shape index (κ1) is 18.1. The number of carbonyl (C=O) groups excluding carboxylic acids is 3. The molecule has 0 radical (unpaired) electrons. The highest BCUT2D eigenvalue weighted by molar-refractivity contribution is 6.29. The number of amides is 1. The van der Waals surface area contributed by atoms with Crippen LogP contribution in [-0.4, -0.2) is 62.4 Å². The number of Topliss-reactive ketones (excluding diaryl/α,β-unsaturated/α-hetero) is 2. The molecule has 1 amide bonds. The summed E-state index contributed by atoms with van der Waals surface area (Å²) in [6, 6.07) is 3.16. The standard InChI is InChI=1S/C22H21NO6/c1-27-14-9-15-20(16(10-14)29-11-17(24)23-4-6-28-7-5-23)22(26)19-13-3-2-12(8-13)18(19)21(15)25/h2-3,9-10,12-13H,4-8,11H2,1H3. The van der Waals surface area contributed by atoms with Gasteiger partial charge in [-0.25, -0.2) is 0 Å². The Labute approximate surface area is 167 Å². The van der Waals surface area contributed by atoms with E-state index >= 15 is 0 Å². The Kier molecular flexibility index (Phi) is 4.28. The van der Waals surface area contributed by atoms with Crippen LogP contribution in [0.4, 0.5) is 0 Å². The van der Waals surface area contributed by atoms with Gasteiger partial charge in [-0.2, -0.15) is 0 Å². The van der Waals surface area contributed by atoms with Gasteiger partial charge in [0.25, 0.3) is 5.91 Å². The number of allylic oxidation sites excluding steroid dienone is 4. The van der Waals surface area contributed by atoms with Crippen molar-refractivity contribution in [2.24, 2.45) is 11.8 Å². The van der Waals surface area contributed by atoms with E-state index in [-0.39, 0.29) is 47.2 Å². The van der Waals surface area contributed by atoms with Crippen molar-refractivity contribution >= 4 is 17.5 Å². The van der Waals surface area contributed by atoms with Crippen molar-refractivity contribution in [3.63, 3.8) is 0 Å². The Morgan fingerprint density at radius 1 is 1.10 bits per heavy atom. The predicted molar refractivity (Wildman–Crippen MR) is 102 cm³/mol. The Morgan fingerprint density at radius 3 is 2.48 bits per heavy atom. The summed E-state index contributed by atoms with van der Waals surface area (Å²) in [5.74, 6) is 0.140. The molecule has 7 nitrogen and oxygen atoms in total. The predicted octanol–water partition coefficient (Wildman–Crippen LogP) is 1.81. The number of ether oxygens (including phenoxy) is 3. The number of carbonyl (C=O) groups is 3. The molecule has 0 aromatic heterocycles. The average Bonchev–Trinajstić information content (AvgIpc) is 3.38. The third kappa shape index (κ3) is 2.80. The maximum atomic E-state index is 13.3. The Balaban J connectivity index is 1.47. The Bertz CT molecular complexity index is 985. The fourth-order valence-corrected chi connectivity index (χ4v) is 4.67. The molecule has 1 aliphatic heterocycles. The van der Waals surface area contributed by atoms with Gasteiger partial charge in [0, 0.05) is 47.7 Å². The second kappa shape index (κ2) is 6.84. The number of morpholine rings is 1. The fourth-order valence-electron chi connectivity index (χ4n) is 4.67. The van der Waals surface area contributed by atoms with Crippen LogP contribution in [0.2, 0.25) is 0 Å². The van der Waals surface area contributed by atoms with Gasteiger partial charge in [0.1, 0.15) is 11.5 Å². The molecule has 2 bridgehead atoms. The lowest BCUT2D eigenvalue weighted by atomic mass is 9.79. The van der Waals surface area contributed by atoms with E-state index in [0.717, 1.165) is 6.42 Å². The monoisotopic (exact) mass is 395 g/mol. The largest absolute Gasteiger partial charge is 0.497 e. The summed E-state index contributed by atoms with van der Waals surface area (Å²) in [6.07, 6.45) is 4.79. The highest BCUT2D eigenvalue weighted by Crippen LogP contribution is 2.50. The Hall–Kier alpha value is -2.93. The van der Waals surface area contributed by atoms with E-state index in [1.54, 1.807) is 17.0 Å². The maximum absolute atomic E-state index is 13.3. The summed E-state index contributed by atoms with van der Waals surface area (Å²) in [5, 5.41) is 0. The number of hydrogen-bond acceptors (Lipinski definition) is 6. The quantitative estimate of drug-likeness (QED) is 0.724. The van der Waals surface area contributed by atoms with Crippen LogP contribution >= 0.6 is 0 Å². The first-order valence-electron chi connectivity index (χ1n) is 9.80. The van der Waals surface area contributed by atoms with Gasteiger partial charge in [-0.15, -0.1) is 0 Å². The molecule has 29 heavy (non-hydrogen) atoms. The minimum Gasteiger partial charge on any atom is -0.497 e. The highest BCUT2D eigenvalue weighted by Gasteiger charge is 2.47. The molecule has 7 heteroatoms. The van der Waals surface area contributed by atoms with Gasteiger partial charge in [0.15, 0.2) is 18.2 Å². The van der Waals surface area contributed by atoms with Gasteiger partial charge in [0.05, 0.1) is 25.9 Å². The summed E-state index contributed by atoms with van der Waals surface area (Å²) in [6.45, 7) is 1.82. The van der Waals surface area contributed by atoms with Gasteiger partial charge in [-0.1, -0.05) is 12.2 Å². The fraction of sp³-hybridized carbons (Fsp3) is 0.409. The number of hydrogen-bond donors (Lipinski definition) is 0. The zero-order valence-corrected chi connectivity index (χ0v) is 16.1. The van der Waals surface area contributed by atoms with E-state index in [1.165, 1.54) is 7.11 Å². The molecule has 4 aliphatic rings. The third-order valence-corrected chi connectivity index (χ3v) is 6.10. The molecule has 0 saturated carbocycles. The lowest BCUT2D eigenvalue weighted by molar-refractivity contribution is -0.137. The molecule has 0 N–H and O–H groups in total. The first-order chi connectivity index (χ1) is 14.1. The van der Waals surface area contributed by atoms with Crippen molar-refractivity contribution in [1.29, 1.82) is 0 Å². The van der Waals surface area contributed by atoms with E-state index in [4.69, 9.17) is 14.2 Å². The minimum absolute atomic E-state index is 0.00969. The lowest BCUT2D eigenvalue weighted by Gasteiger charge is -2.27. The molecule has 0 spiro atoms. The SMILES string of the molecule is COc1cc(OCC(=O)N2CCOCC2)c2c(c1)C(=O)C1=C(C2=O)C2C=CC1C2. The van der Waals surface area contributed by atoms with Crippen LogP contribution in [0.3, 0.4) is 0 Å². The van der Waals surface area contributed by atoms with Crippen molar-refractivity contribution in [2.45, 2.75) is 6.42 Å². The summed E-state index contributed by atoms with van der Waals surface area (Å²) in [4.78, 5) is 40.7. The molecule has 1 heterocycles. The number of benzene rings is 1. The summed E-state index contributed by atoms with van der Waals surface area (Å²) >= 11 is 0. The number of ketones is 2. The number of methoxy groups -OCH3 is 1. The van der Waals surface area contributed by atoms with Gasteiger partial charge in [-0.3, -0.25) is 14.4 Å². The van der Waals surface area contributed by atoms with Crippen molar-refractivity contribution < 1.29 is 28.6 Å². The van der Waals surface area contributed by atoms with Crippen LogP contribution in [0.1, 0.15) is 27.1 Å². The first-order valence-corrected chi connectivity index (χ1v) is 9.80. The summed E-state index contributed by atoms with van der Waals surface area (Å²) in [7, 11) is 1.49. The molecule has 5 rings (SSSR count). The molecule has 150 valence electrons. The number of rotatable bonds is 4. The van der Waals surface area contributed by atoms with E-state index in [2.05, 4.69) is 0 Å². The van der Waals surface area contributed by atoms with Gasteiger partial charge in [-0.05, 0) is 12.5 Å². The topological polar surface area (TPSA) is 82.1 Å². The molecular weight excluding hydrogens is 374 g/mol. The molecule has 2 atom stereocenters. The van der Waals surface area contributed by atoms with Crippen molar-refractivity contribution in [3.8, 4) is 11.5 Å². The van der Waals surface area contributed by atoms with Crippen molar-refractivity contribution in [1.82, 2.24) is 4.90 Å². The third-order valence-electron chi connectivity index (χ3n) is 6.10. The van der Waals surface area contributed by atoms with Crippen LogP contribution in [0, 0.1) is 11.8 Å². The molecule has 1 fully saturated rings. The normalized spacial score (nSPS) is 24.7. The summed E-state index contributed by atoms with van der Waals surface area (Å²) < 4.78 is 16.4. The Morgan fingerprint density at radius 2 is 1.79 bits per heavy atom. The second-order valence-corrected chi connectivity index (χ2v) is 7.65. The van der Waals surface area contributed by atoms with Crippen molar-refractivity contribution in [3.05, 3.63) is 46.6 Å². The van der Waals surface area contributed by atoms with E-state index in [9.17, 15) is 14.4 Å². The highest BCUT2D eigenvalue weighted by atomic mass is 16.5.